The van der Waals surface area contributed by atoms with E-state index >= 15 is 0 Å². The van der Waals surface area contributed by atoms with Gasteiger partial charge in [-0.1, -0.05) is 0 Å². The normalized spacial score (nSPS) is 23.9. The number of ketones is 1. The first-order valence-electron chi connectivity index (χ1n) is 4.56. The second-order valence-corrected chi connectivity index (χ2v) is 4.94. The van der Waals surface area contributed by atoms with Crippen molar-refractivity contribution >= 4 is 17.5 Å². The van der Waals surface area contributed by atoms with E-state index in [0.29, 0.717) is 6.54 Å². The summed E-state index contributed by atoms with van der Waals surface area (Å²) >= 11 is 1.92. The van der Waals surface area contributed by atoms with E-state index in [9.17, 15) is 9.90 Å². The summed E-state index contributed by atoms with van der Waals surface area (Å²) in [4.78, 5) is 13.2. The average molecular weight is 203 g/mol. The van der Waals surface area contributed by atoms with Crippen molar-refractivity contribution in [3.05, 3.63) is 0 Å². The Morgan fingerprint density at radius 3 is 2.54 bits per heavy atom. The monoisotopic (exact) mass is 203 g/mol. The first-order chi connectivity index (χ1) is 6.02. The molecular weight excluding hydrogens is 186 g/mol. The van der Waals surface area contributed by atoms with Gasteiger partial charge in [-0.25, -0.2) is 0 Å². The zero-order valence-electron chi connectivity index (χ0n) is 8.25. The van der Waals surface area contributed by atoms with Crippen molar-refractivity contribution in [1.82, 2.24) is 4.90 Å². The number of carbonyl (C=O) groups is 1. The third-order valence-electron chi connectivity index (χ3n) is 2.39. The van der Waals surface area contributed by atoms with Crippen LogP contribution in [0.2, 0.25) is 0 Å². The Balaban J connectivity index is 2.41. The smallest absolute Gasteiger partial charge is 0.162 e. The summed E-state index contributed by atoms with van der Waals surface area (Å²) in [5.74, 6) is 2.06. The first kappa shape index (κ1) is 11.0. The molecule has 0 aromatic carbocycles. The van der Waals surface area contributed by atoms with Crippen molar-refractivity contribution in [2.45, 2.75) is 19.4 Å². The van der Waals surface area contributed by atoms with Crippen LogP contribution in [0.15, 0.2) is 0 Å². The van der Waals surface area contributed by atoms with E-state index in [1.165, 1.54) is 6.92 Å². The van der Waals surface area contributed by atoms with Crippen LogP contribution >= 0.6 is 11.8 Å². The molecule has 13 heavy (non-hydrogen) atoms. The molecule has 1 N–H and O–H groups in total. The Labute approximate surface area is 83.5 Å². The van der Waals surface area contributed by atoms with Crippen molar-refractivity contribution in [3.63, 3.8) is 0 Å². The number of aliphatic hydroxyl groups is 1. The lowest BCUT2D eigenvalue weighted by Crippen LogP contribution is -2.48. The molecule has 1 fully saturated rings. The molecule has 0 aromatic rings. The highest BCUT2D eigenvalue weighted by atomic mass is 32.2. The SMILES string of the molecule is CC(=O)C(C)(O)CN1CCSCC1. The Morgan fingerprint density at radius 1 is 1.54 bits per heavy atom. The molecule has 1 atom stereocenters. The molecule has 0 aromatic heterocycles. The van der Waals surface area contributed by atoms with Gasteiger partial charge in [-0.3, -0.25) is 9.69 Å². The van der Waals surface area contributed by atoms with E-state index < -0.39 is 5.60 Å². The minimum atomic E-state index is -1.16. The van der Waals surface area contributed by atoms with Crippen LogP contribution in [0.1, 0.15) is 13.8 Å². The van der Waals surface area contributed by atoms with Crippen LogP contribution < -0.4 is 0 Å². The van der Waals surface area contributed by atoms with Gasteiger partial charge in [0.05, 0.1) is 0 Å². The van der Waals surface area contributed by atoms with Gasteiger partial charge in [0.2, 0.25) is 0 Å². The van der Waals surface area contributed by atoms with Crippen LogP contribution in [-0.4, -0.2) is 52.5 Å². The van der Waals surface area contributed by atoms with Gasteiger partial charge in [0.1, 0.15) is 5.60 Å². The van der Waals surface area contributed by atoms with Gasteiger partial charge in [-0.05, 0) is 13.8 Å². The minimum absolute atomic E-state index is 0.147. The standard InChI is InChI=1S/C9H17NO2S/c1-8(11)9(2,12)7-10-3-5-13-6-4-10/h12H,3-7H2,1-2H3. The number of hydrogen-bond donors (Lipinski definition) is 1. The molecule has 1 heterocycles. The number of β-amino-alcohol motifs (C(OH)–C–C–N with tert-alkyl or cyclic N) is 1. The Kier molecular flexibility index (Phi) is 3.76. The molecule has 0 bridgehead atoms. The summed E-state index contributed by atoms with van der Waals surface area (Å²) in [6.07, 6.45) is 0. The number of thioether (sulfide) groups is 1. The predicted molar refractivity (Wildman–Crippen MR) is 55.1 cm³/mol. The van der Waals surface area contributed by atoms with Gasteiger partial charge in [-0.2, -0.15) is 11.8 Å². The molecule has 1 saturated heterocycles. The van der Waals surface area contributed by atoms with Gasteiger partial charge >= 0.3 is 0 Å². The molecule has 1 aliphatic rings. The van der Waals surface area contributed by atoms with Gasteiger partial charge in [-0.15, -0.1) is 0 Å². The van der Waals surface area contributed by atoms with Crippen LogP contribution in [-0.2, 0) is 4.79 Å². The Morgan fingerprint density at radius 2 is 2.08 bits per heavy atom. The topological polar surface area (TPSA) is 40.5 Å². The highest BCUT2D eigenvalue weighted by Crippen LogP contribution is 2.13. The van der Waals surface area contributed by atoms with Gasteiger partial charge in [0, 0.05) is 31.1 Å². The maximum atomic E-state index is 11.1. The molecule has 1 aliphatic heterocycles. The zero-order valence-corrected chi connectivity index (χ0v) is 9.06. The molecule has 1 rings (SSSR count). The quantitative estimate of drug-likeness (QED) is 0.720. The second kappa shape index (κ2) is 4.44. The summed E-state index contributed by atoms with van der Waals surface area (Å²) in [5.41, 5.74) is -1.16. The molecular formula is C9H17NO2S. The summed E-state index contributed by atoms with van der Waals surface area (Å²) in [5, 5.41) is 9.75. The molecule has 0 radical (unpaired) electrons. The van der Waals surface area contributed by atoms with E-state index in [0.717, 1.165) is 24.6 Å². The lowest BCUT2D eigenvalue weighted by atomic mass is 10.0. The number of hydrogen-bond acceptors (Lipinski definition) is 4. The summed E-state index contributed by atoms with van der Waals surface area (Å²) in [6, 6.07) is 0. The van der Waals surface area contributed by atoms with Gasteiger partial charge in [0.25, 0.3) is 0 Å². The molecule has 3 nitrogen and oxygen atoms in total. The van der Waals surface area contributed by atoms with Crippen LogP contribution in [0.4, 0.5) is 0 Å². The van der Waals surface area contributed by atoms with Crippen molar-refractivity contribution in [2.24, 2.45) is 0 Å². The molecule has 0 aliphatic carbocycles. The largest absolute Gasteiger partial charge is 0.381 e. The van der Waals surface area contributed by atoms with Crippen molar-refractivity contribution in [3.8, 4) is 0 Å². The predicted octanol–water partition coefficient (Wildman–Crippen LogP) is 0.375. The molecule has 76 valence electrons. The maximum Gasteiger partial charge on any atom is 0.162 e. The van der Waals surface area contributed by atoms with E-state index in [1.807, 2.05) is 11.8 Å². The zero-order chi connectivity index (χ0) is 9.90. The molecule has 0 amide bonds. The highest BCUT2D eigenvalue weighted by molar-refractivity contribution is 7.99. The third kappa shape index (κ3) is 3.29. The third-order valence-corrected chi connectivity index (χ3v) is 3.34. The van der Waals surface area contributed by atoms with Crippen LogP contribution in [0.3, 0.4) is 0 Å². The van der Waals surface area contributed by atoms with Gasteiger partial charge < -0.3 is 5.11 Å². The van der Waals surface area contributed by atoms with Crippen LogP contribution in [0, 0.1) is 0 Å². The van der Waals surface area contributed by atoms with Crippen LogP contribution in [0.25, 0.3) is 0 Å². The van der Waals surface area contributed by atoms with Gasteiger partial charge in [0.15, 0.2) is 5.78 Å². The van der Waals surface area contributed by atoms with Crippen molar-refractivity contribution in [2.75, 3.05) is 31.1 Å². The van der Waals surface area contributed by atoms with E-state index in [1.54, 1.807) is 6.92 Å². The van der Waals surface area contributed by atoms with E-state index in [-0.39, 0.29) is 5.78 Å². The highest BCUT2D eigenvalue weighted by Gasteiger charge is 2.29. The van der Waals surface area contributed by atoms with Crippen molar-refractivity contribution < 1.29 is 9.90 Å². The van der Waals surface area contributed by atoms with E-state index in [4.69, 9.17) is 0 Å². The number of nitrogens with zero attached hydrogens (tertiary/aromatic N) is 1. The first-order valence-corrected chi connectivity index (χ1v) is 5.71. The van der Waals surface area contributed by atoms with E-state index in [2.05, 4.69) is 4.90 Å². The Bertz CT molecular complexity index is 188. The van der Waals surface area contributed by atoms with Crippen molar-refractivity contribution in [1.29, 1.82) is 0 Å². The maximum absolute atomic E-state index is 11.1. The summed E-state index contributed by atoms with van der Waals surface area (Å²) in [6.45, 7) is 5.47. The fourth-order valence-corrected chi connectivity index (χ4v) is 2.28. The molecule has 1 unspecified atom stereocenters. The summed E-state index contributed by atoms with van der Waals surface area (Å²) in [7, 11) is 0. The number of rotatable bonds is 3. The fourth-order valence-electron chi connectivity index (χ4n) is 1.31. The lowest BCUT2D eigenvalue weighted by Gasteiger charge is -2.32. The second-order valence-electron chi connectivity index (χ2n) is 3.72. The molecule has 0 spiro atoms. The minimum Gasteiger partial charge on any atom is -0.381 e. The number of carbonyl (C=O) groups excluding carboxylic acids is 1. The Hall–Kier alpha value is -0.0600. The summed E-state index contributed by atoms with van der Waals surface area (Å²) < 4.78 is 0. The number of Topliss-reactive ketones (excluding diaryl/α,β-unsaturated/α-hetero) is 1. The molecule has 0 saturated carbocycles. The van der Waals surface area contributed by atoms with Crippen LogP contribution in [0.5, 0.6) is 0 Å². The molecule has 4 heteroatoms. The fraction of sp³-hybridized carbons (Fsp3) is 0.889. The average Bonchev–Trinajstić information content (AvgIpc) is 2.05. The lowest BCUT2D eigenvalue weighted by molar-refractivity contribution is -0.135.